The molecule has 1 heterocycles. The van der Waals surface area contributed by atoms with Crippen molar-refractivity contribution in [3.05, 3.63) is 65.2 Å². The molecule has 0 fully saturated rings. The molecule has 0 aliphatic carbocycles. The SMILES string of the molecule is Cc1ccccc1C(=O)Nc1nnc(S(=O)(=O)NCCCc2cccc(OC(C)C)c2)s1. The van der Waals surface area contributed by atoms with Crippen LogP contribution in [0.1, 0.15) is 41.8 Å². The predicted molar refractivity (Wildman–Crippen MR) is 125 cm³/mol. The zero-order valence-electron chi connectivity index (χ0n) is 18.2. The smallest absolute Gasteiger partial charge is 0.269 e. The maximum Gasteiger partial charge on any atom is 0.269 e. The van der Waals surface area contributed by atoms with E-state index in [0.717, 1.165) is 28.2 Å². The topological polar surface area (TPSA) is 110 Å². The number of aromatic nitrogens is 2. The Kier molecular flexibility index (Phi) is 7.94. The summed E-state index contributed by atoms with van der Waals surface area (Å²) in [5.74, 6) is 0.437. The molecule has 0 aliphatic rings. The fourth-order valence-corrected chi connectivity index (χ4v) is 4.98. The molecule has 0 saturated carbocycles. The van der Waals surface area contributed by atoms with Crippen LogP contribution in [0.15, 0.2) is 52.9 Å². The van der Waals surface area contributed by atoms with Crippen LogP contribution in [-0.2, 0) is 16.4 Å². The molecule has 0 saturated heterocycles. The number of anilines is 1. The molecule has 8 nitrogen and oxygen atoms in total. The van der Waals surface area contributed by atoms with E-state index in [2.05, 4.69) is 20.2 Å². The van der Waals surface area contributed by atoms with Crippen molar-refractivity contribution in [2.45, 2.75) is 44.1 Å². The lowest BCUT2D eigenvalue weighted by Gasteiger charge is -2.11. The normalized spacial score (nSPS) is 11.5. The molecule has 0 atom stereocenters. The Hall–Kier alpha value is -2.82. The number of aryl methyl sites for hydroxylation is 2. The number of rotatable bonds is 10. The Balaban J connectivity index is 1.52. The number of ether oxygens (including phenoxy) is 1. The first-order valence-electron chi connectivity index (χ1n) is 10.2. The lowest BCUT2D eigenvalue weighted by Crippen LogP contribution is -2.25. The van der Waals surface area contributed by atoms with Crippen molar-refractivity contribution >= 4 is 32.4 Å². The van der Waals surface area contributed by atoms with E-state index in [0.29, 0.717) is 18.4 Å². The van der Waals surface area contributed by atoms with Crippen molar-refractivity contribution in [1.82, 2.24) is 14.9 Å². The third-order valence-corrected chi connectivity index (χ3v) is 7.12. The number of hydrogen-bond acceptors (Lipinski definition) is 7. The van der Waals surface area contributed by atoms with E-state index in [1.165, 1.54) is 0 Å². The fraction of sp³-hybridized carbons (Fsp3) is 0.318. The van der Waals surface area contributed by atoms with Gasteiger partial charge in [-0.05, 0) is 62.9 Å². The summed E-state index contributed by atoms with van der Waals surface area (Å²) in [6.45, 7) is 6.01. The summed E-state index contributed by atoms with van der Waals surface area (Å²) in [7, 11) is -3.81. The van der Waals surface area contributed by atoms with Crippen LogP contribution in [0.3, 0.4) is 0 Å². The number of amides is 1. The van der Waals surface area contributed by atoms with Gasteiger partial charge in [0.2, 0.25) is 9.47 Å². The van der Waals surface area contributed by atoms with Crippen molar-refractivity contribution < 1.29 is 17.9 Å². The highest BCUT2D eigenvalue weighted by Gasteiger charge is 2.21. The molecule has 170 valence electrons. The summed E-state index contributed by atoms with van der Waals surface area (Å²) < 4.78 is 33.0. The van der Waals surface area contributed by atoms with Gasteiger partial charge in [-0.3, -0.25) is 10.1 Å². The van der Waals surface area contributed by atoms with Crippen LogP contribution >= 0.6 is 11.3 Å². The number of benzene rings is 2. The number of nitrogens with zero attached hydrogens (tertiary/aromatic N) is 2. The van der Waals surface area contributed by atoms with E-state index < -0.39 is 10.0 Å². The molecule has 0 spiro atoms. The van der Waals surface area contributed by atoms with Crippen molar-refractivity contribution in [1.29, 1.82) is 0 Å². The minimum atomic E-state index is -3.81. The minimum Gasteiger partial charge on any atom is -0.491 e. The van der Waals surface area contributed by atoms with Gasteiger partial charge in [-0.15, -0.1) is 10.2 Å². The molecular formula is C22H26N4O4S2. The second-order valence-corrected chi connectivity index (χ2v) is 10.4. The Bertz CT molecular complexity index is 1180. The minimum absolute atomic E-state index is 0.0929. The van der Waals surface area contributed by atoms with E-state index >= 15 is 0 Å². The second-order valence-electron chi connectivity index (χ2n) is 7.46. The maximum absolute atomic E-state index is 12.5. The first-order valence-corrected chi connectivity index (χ1v) is 12.5. The molecule has 1 aromatic heterocycles. The fourth-order valence-electron chi connectivity index (χ4n) is 2.97. The first kappa shape index (κ1) is 23.8. The largest absolute Gasteiger partial charge is 0.491 e. The third kappa shape index (κ3) is 6.59. The Morgan fingerprint density at radius 2 is 1.91 bits per heavy atom. The molecule has 0 bridgehead atoms. The van der Waals surface area contributed by atoms with Gasteiger partial charge in [0.15, 0.2) is 0 Å². The van der Waals surface area contributed by atoms with Crippen molar-refractivity contribution in [2.75, 3.05) is 11.9 Å². The molecule has 0 radical (unpaired) electrons. The van der Waals surface area contributed by atoms with E-state index in [4.69, 9.17) is 4.74 Å². The van der Waals surface area contributed by atoms with Crippen LogP contribution in [-0.4, -0.2) is 37.2 Å². The highest BCUT2D eigenvalue weighted by atomic mass is 32.2. The summed E-state index contributed by atoms with van der Waals surface area (Å²) >= 11 is 0.810. The predicted octanol–water partition coefficient (Wildman–Crippen LogP) is 3.80. The van der Waals surface area contributed by atoms with Crippen molar-refractivity contribution in [3.8, 4) is 5.75 Å². The lowest BCUT2D eigenvalue weighted by atomic mass is 10.1. The standard InChI is InChI=1S/C22H26N4O4S2/c1-15(2)30-18-11-6-9-17(14-18)10-7-13-23-32(28,29)22-26-25-21(31-22)24-20(27)19-12-5-4-8-16(19)3/h4-6,8-9,11-12,14-15,23H,7,10,13H2,1-3H3,(H,24,25,27). The zero-order valence-corrected chi connectivity index (χ0v) is 19.8. The molecular weight excluding hydrogens is 448 g/mol. The average Bonchev–Trinajstić information content (AvgIpc) is 3.21. The summed E-state index contributed by atoms with van der Waals surface area (Å²) in [4.78, 5) is 12.4. The average molecular weight is 475 g/mol. The highest BCUT2D eigenvalue weighted by molar-refractivity contribution is 7.91. The number of carbonyl (C=O) groups is 1. The molecule has 32 heavy (non-hydrogen) atoms. The molecule has 3 rings (SSSR count). The van der Waals surface area contributed by atoms with E-state index in [1.54, 1.807) is 12.1 Å². The van der Waals surface area contributed by atoms with Crippen LogP contribution in [0.5, 0.6) is 5.75 Å². The van der Waals surface area contributed by atoms with Gasteiger partial charge in [0.25, 0.3) is 15.9 Å². The quantitative estimate of drug-likeness (QED) is 0.342. The third-order valence-electron chi connectivity index (χ3n) is 4.45. The Morgan fingerprint density at radius 1 is 1.12 bits per heavy atom. The molecule has 2 N–H and O–H groups in total. The lowest BCUT2D eigenvalue weighted by molar-refractivity contribution is 0.102. The monoisotopic (exact) mass is 474 g/mol. The van der Waals surface area contributed by atoms with Crippen molar-refractivity contribution in [3.63, 3.8) is 0 Å². The van der Waals surface area contributed by atoms with Crippen LogP contribution in [0, 0.1) is 6.92 Å². The van der Waals surface area contributed by atoms with Gasteiger partial charge >= 0.3 is 0 Å². The van der Waals surface area contributed by atoms with E-state index in [-0.39, 0.29) is 28.0 Å². The Morgan fingerprint density at radius 3 is 2.66 bits per heavy atom. The molecule has 10 heteroatoms. The number of carbonyl (C=O) groups excluding carboxylic acids is 1. The summed E-state index contributed by atoms with van der Waals surface area (Å²) in [5, 5.41) is 10.2. The van der Waals surface area contributed by atoms with Gasteiger partial charge in [0.1, 0.15) is 5.75 Å². The molecule has 0 aliphatic heterocycles. The van der Waals surface area contributed by atoms with E-state index in [1.807, 2.05) is 57.2 Å². The van der Waals surface area contributed by atoms with Crippen LogP contribution in [0.4, 0.5) is 5.13 Å². The molecule has 1 amide bonds. The van der Waals surface area contributed by atoms with Gasteiger partial charge in [-0.2, -0.15) is 0 Å². The summed E-state index contributed by atoms with van der Waals surface area (Å²) in [6.07, 6.45) is 1.40. The number of hydrogen-bond donors (Lipinski definition) is 2. The van der Waals surface area contributed by atoms with Crippen LogP contribution in [0.25, 0.3) is 0 Å². The van der Waals surface area contributed by atoms with E-state index in [9.17, 15) is 13.2 Å². The molecule has 2 aromatic carbocycles. The second kappa shape index (κ2) is 10.7. The van der Waals surface area contributed by atoms with Gasteiger partial charge in [0, 0.05) is 12.1 Å². The van der Waals surface area contributed by atoms with Gasteiger partial charge in [0.05, 0.1) is 6.10 Å². The zero-order chi connectivity index (χ0) is 23.1. The van der Waals surface area contributed by atoms with Gasteiger partial charge in [-0.1, -0.05) is 41.7 Å². The first-order chi connectivity index (χ1) is 15.2. The molecule has 0 unspecified atom stereocenters. The van der Waals surface area contributed by atoms with Gasteiger partial charge < -0.3 is 4.74 Å². The summed E-state index contributed by atoms with van der Waals surface area (Å²) in [6, 6.07) is 14.9. The summed E-state index contributed by atoms with van der Waals surface area (Å²) in [5.41, 5.74) is 2.37. The molecule has 3 aromatic rings. The van der Waals surface area contributed by atoms with Crippen molar-refractivity contribution in [2.24, 2.45) is 0 Å². The van der Waals surface area contributed by atoms with Gasteiger partial charge in [-0.25, -0.2) is 13.1 Å². The number of nitrogens with one attached hydrogen (secondary N) is 2. The number of sulfonamides is 1. The van der Waals surface area contributed by atoms with Crippen LogP contribution in [0.2, 0.25) is 0 Å². The maximum atomic E-state index is 12.5. The Labute approximate surface area is 192 Å². The van der Waals surface area contributed by atoms with Crippen LogP contribution < -0.4 is 14.8 Å². The highest BCUT2D eigenvalue weighted by Crippen LogP contribution is 2.21.